The molecule has 19 heavy (non-hydrogen) atoms. The van der Waals surface area contributed by atoms with Gasteiger partial charge in [-0.3, -0.25) is 4.79 Å². The van der Waals surface area contributed by atoms with Crippen LogP contribution in [-0.4, -0.2) is 25.0 Å². The molecule has 1 aliphatic rings. The molecular weight excluding hydrogens is 335 g/mol. The van der Waals surface area contributed by atoms with Crippen LogP contribution in [0.1, 0.15) is 29.6 Å². The maximum Gasteiger partial charge on any atom is 0.251 e. The summed E-state index contributed by atoms with van der Waals surface area (Å²) in [6.45, 7) is 1.69. The van der Waals surface area contributed by atoms with Crippen LogP contribution in [0.3, 0.4) is 0 Å². The van der Waals surface area contributed by atoms with Crippen molar-refractivity contribution in [3.63, 3.8) is 0 Å². The molecular formula is C13H17BrClFN2O. The lowest BCUT2D eigenvalue weighted by Gasteiger charge is -2.10. The SMILES string of the molecule is Cl.O=C(NCC[C@H]1CCCN1)c1ccc(Br)c(F)c1. The van der Waals surface area contributed by atoms with Gasteiger partial charge in [-0.25, -0.2) is 4.39 Å². The van der Waals surface area contributed by atoms with Crippen molar-refractivity contribution in [2.24, 2.45) is 0 Å². The van der Waals surface area contributed by atoms with Crippen LogP contribution in [0.4, 0.5) is 4.39 Å². The highest BCUT2D eigenvalue weighted by Gasteiger charge is 2.14. The van der Waals surface area contributed by atoms with Crippen molar-refractivity contribution in [1.29, 1.82) is 0 Å². The molecule has 2 N–H and O–H groups in total. The standard InChI is InChI=1S/C13H16BrFN2O.ClH/c14-11-4-3-9(8-12(11)15)13(18)17-7-5-10-2-1-6-16-10;/h3-4,8,10,16H,1-2,5-7H2,(H,17,18);1H/t10-;/m1./s1. The first-order valence-corrected chi connectivity index (χ1v) is 6.93. The molecule has 0 aromatic heterocycles. The molecule has 1 aromatic carbocycles. The summed E-state index contributed by atoms with van der Waals surface area (Å²) >= 11 is 3.06. The van der Waals surface area contributed by atoms with Gasteiger partial charge in [0.25, 0.3) is 5.91 Å². The fourth-order valence-electron chi connectivity index (χ4n) is 2.10. The molecule has 106 valence electrons. The van der Waals surface area contributed by atoms with Gasteiger partial charge in [-0.1, -0.05) is 0 Å². The van der Waals surface area contributed by atoms with Crippen LogP contribution in [0.5, 0.6) is 0 Å². The van der Waals surface area contributed by atoms with E-state index in [1.165, 1.54) is 18.9 Å². The molecule has 1 aliphatic heterocycles. The second kappa shape index (κ2) is 7.82. The number of benzene rings is 1. The number of nitrogens with one attached hydrogen (secondary N) is 2. The number of hydrogen-bond donors (Lipinski definition) is 2. The first-order valence-electron chi connectivity index (χ1n) is 6.13. The minimum atomic E-state index is -0.417. The van der Waals surface area contributed by atoms with Crippen LogP contribution >= 0.6 is 28.3 Å². The molecule has 1 aromatic rings. The smallest absolute Gasteiger partial charge is 0.251 e. The van der Waals surface area contributed by atoms with E-state index in [1.807, 2.05) is 0 Å². The summed E-state index contributed by atoms with van der Waals surface area (Å²) in [7, 11) is 0. The lowest BCUT2D eigenvalue weighted by atomic mass is 10.1. The monoisotopic (exact) mass is 350 g/mol. The van der Waals surface area contributed by atoms with Gasteiger partial charge < -0.3 is 10.6 Å². The molecule has 1 atom stereocenters. The van der Waals surface area contributed by atoms with Crippen LogP contribution in [0.2, 0.25) is 0 Å². The van der Waals surface area contributed by atoms with Crippen molar-refractivity contribution >= 4 is 34.2 Å². The molecule has 0 bridgehead atoms. The second-order valence-corrected chi connectivity index (χ2v) is 5.32. The normalized spacial score (nSPS) is 17.9. The van der Waals surface area contributed by atoms with Gasteiger partial charge in [0.15, 0.2) is 0 Å². The highest BCUT2D eigenvalue weighted by atomic mass is 79.9. The minimum Gasteiger partial charge on any atom is -0.352 e. The van der Waals surface area contributed by atoms with E-state index in [9.17, 15) is 9.18 Å². The average molecular weight is 352 g/mol. The highest BCUT2D eigenvalue weighted by Crippen LogP contribution is 2.16. The van der Waals surface area contributed by atoms with E-state index in [1.54, 1.807) is 12.1 Å². The van der Waals surface area contributed by atoms with E-state index >= 15 is 0 Å². The number of carbonyl (C=O) groups excluding carboxylic acids is 1. The van der Waals surface area contributed by atoms with Gasteiger partial charge in [-0.2, -0.15) is 0 Å². The van der Waals surface area contributed by atoms with Crippen molar-refractivity contribution in [2.75, 3.05) is 13.1 Å². The Kier molecular flexibility index (Phi) is 6.75. The van der Waals surface area contributed by atoms with E-state index in [0.29, 0.717) is 22.6 Å². The zero-order chi connectivity index (χ0) is 13.0. The van der Waals surface area contributed by atoms with Crippen LogP contribution < -0.4 is 10.6 Å². The molecule has 0 aliphatic carbocycles. The van der Waals surface area contributed by atoms with Crippen molar-refractivity contribution in [1.82, 2.24) is 10.6 Å². The number of amides is 1. The quantitative estimate of drug-likeness (QED) is 0.876. The van der Waals surface area contributed by atoms with E-state index in [4.69, 9.17) is 0 Å². The number of carbonyl (C=O) groups is 1. The first kappa shape index (κ1) is 16.4. The number of hydrogen-bond acceptors (Lipinski definition) is 2. The Morgan fingerprint density at radius 1 is 1.53 bits per heavy atom. The Bertz CT molecular complexity index is 439. The van der Waals surface area contributed by atoms with Gasteiger partial charge in [0, 0.05) is 18.2 Å². The van der Waals surface area contributed by atoms with Gasteiger partial charge in [0.2, 0.25) is 0 Å². The van der Waals surface area contributed by atoms with Crippen LogP contribution in [-0.2, 0) is 0 Å². The topological polar surface area (TPSA) is 41.1 Å². The lowest BCUT2D eigenvalue weighted by Crippen LogP contribution is -2.30. The van der Waals surface area contributed by atoms with Gasteiger partial charge in [-0.15, -0.1) is 12.4 Å². The molecule has 1 saturated heterocycles. The summed E-state index contributed by atoms with van der Waals surface area (Å²) < 4.78 is 13.6. The zero-order valence-corrected chi connectivity index (χ0v) is 12.8. The van der Waals surface area contributed by atoms with Gasteiger partial charge in [-0.05, 0) is 59.9 Å². The molecule has 1 fully saturated rings. The number of rotatable bonds is 4. The van der Waals surface area contributed by atoms with Gasteiger partial charge in [0.05, 0.1) is 4.47 Å². The van der Waals surface area contributed by atoms with E-state index < -0.39 is 5.82 Å². The fraction of sp³-hybridized carbons (Fsp3) is 0.462. The van der Waals surface area contributed by atoms with Crippen molar-refractivity contribution in [3.05, 3.63) is 34.1 Å². The third-order valence-corrected chi connectivity index (χ3v) is 3.77. The summed E-state index contributed by atoms with van der Waals surface area (Å²) in [6, 6.07) is 4.90. The minimum absolute atomic E-state index is 0. The van der Waals surface area contributed by atoms with Gasteiger partial charge in [0.1, 0.15) is 5.82 Å². The highest BCUT2D eigenvalue weighted by molar-refractivity contribution is 9.10. The summed E-state index contributed by atoms with van der Waals surface area (Å²) in [5.41, 5.74) is 0.357. The van der Waals surface area contributed by atoms with E-state index in [2.05, 4.69) is 26.6 Å². The molecule has 0 spiro atoms. The van der Waals surface area contributed by atoms with E-state index in [0.717, 1.165) is 13.0 Å². The van der Waals surface area contributed by atoms with Crippen molar-refractivity contribution < 1.29 is 9.18 Å². The van der Waals surface area contributed by atoms with Gasteiger partial charge >= 0.3 is 0 Å². The number of halogens is 3. The Morgan fingerprint density at radius 3 is 2.95 bits per heavy atom. The summed E-state index contributed by atoms with van der Waals surface area (Å²) in [6.07, 6.45) is 3.30. The maximum atomic E-state index is 13.3. The Morgan fingerprint density at radius 2 is 2.32 bits per heavy atom. The maximum absolute atomic E-state index is 13.3. The third-order valence-electron chi connectivity index (χ3n) is 3.12. The zero-order valence-electron chi connectivity index (χ0n) is 10.4. The molecule has 3 nitrogen and oxygen atoms in total. The Labute approximate surface area is 126 Å². The second-order valence-electron chi connectivity index (χ2n) is 4.47. The Hall–Kier alpha value is -0.650. The molecule has 2 rings (SSSR count). The summed E-state index contributed by atoms with van der Waals surface area (Å²) in [5, 5.41) is 6.18. The molecule has 1 heterocycles. The fourth-order valence-corrected chi connectivity index (χ4v) is 2.35. The average Bonchev–Trinajstić information content (AvgIpc) is 2.85. The first-order chi connectivity index (χ1) is 8.66. The van der Waals surface area contributed by atoms with Crippen molar-refractivity contribution in [3.8, 4) is 0 Å². The van der Waals surface area contributed by atoms with Crippen LogP contribution in [0.15, 0.2) is 22.7 Å². The molecule has 6 heteroatoms. The Balaban J connectivity index is 0.00000180. The predicted molar refractivity (Wildman–Crippen MR) is 79.3 cm³/mol. The van der Waals surface area contributed by atoms with Crippen LogP contribution in [0.25, 0.3) is 0 Å². The summed E-state index contributed by atoms with van der Waals surface area (Å²) in [4.78, 5) is 11.8. The molecule has 1 amide bonds. The largest absolute Gasteiger partial charge is 0.352 e. The molecule has 0 unspecified atom stereocenters. The predicted octanol–water partition coefficient (Wildman–Crippen LogP) is 2.88. The van der Waals surface area contributed by atoms with Crippen molar-refractivity contribution in [2.45, 2.75) is 25.3 Å². The lowest BCUT2D eigenvalue weighted by molar-refractivity contribution is 0.0952. The molecule has 0 saturated carbocycles. The third kappa shape index (κ3) is 4.75. The molecule has 0 radical (unpaired) electrons. The van der Waals surface area contributed by atoms with Crippen LogP contribution in [0, 0.1) is 5.82 Å². The van der Waals surface area contributed by atoms with E-state index in [-0.39, 0.29) is 18.3 Å². The summed E-state index contributed by atoms with van der Waals surface area (Å²) in [5.74, 6) is -0.639.